The quantitative estimate of drug-likeness (QED) is 0.588. The summed E-state index contributed by atoms with van der Waals surface area (Å²) in [5.41, 5.74) is 0.0842. The fourth-order valence-electron chi connectivity index (χ4n) is 4.22. The molecule has 4 rings (SSSR count). The van der Waals surface area contributed by atoms with Crippen molar-refractivity contribution < 1.29 is 23.5 Å². The normalized spacial score (nSPS) is 17.7. The molecule has 1 heterocycles. The summed E-state index contributed by atoms with van der Waals surface area (Å²) in [4.78, 5) is 38.8. The van der Waals surface area contributed by atoms with Gasteiger partial charge in [0.25, 0.3) is 11.8 Å². The molecule has 0 radical (unpaired) electrons. The molecule has 6 heteroatoms. The van der Waals surface area contributed by atoms with Gasteiger partial charge in [-0.15, -0.1) is 0 Å². The van der Waals surface area contributed by atoms with Crippen molar-refractivity contribution in [3.63, 3.8) is 0 Å². The summed E-state index contributed by atoms with van der Waals surface area (Å²) < 4.78 is 19.8. The van der Waals surface area contributed by atoms with Gasteiger partial charge < -0.3 is 4.74 Å². The molecule has 2 aromatic carbocycles. The van der Waals surface area contributed by atoms with Crippen LogP contribution in [0.3, 0.4) is 0 Å². The molecule has 0 unspecified atom stereocenters. The first-order chi connectivity index (χ1) is 13.5. The van der Waals surface area contributed by atoms with Gasteiger partial charge >= 0.3 is 5.97 Å². The first kappa shape index (κ1) is 18.3. The van der Waals surface area contributed by atoms with Crippen LogP contribution in [0.2, 0.25) is 0 Å². The van der Waals surface area contributed by atoms with E-state index in [0.717, 1.165) is 17.7 Å². The first-order valence-electron chi connectivity index (χ1n) is 9.42. The maximum absolute atomic E-state index is 14.4. The van der Waals surface area contributed by atoms with Crippen LogP contribution < -0.4 is 0 Å². The lowest BCUT2D eigenvalue weighted by atomic mass is 9.78. The Balaban J connectivity index is 1.45. The largest absolute Gasteiger partial charge is 0.463 e. The summed E-state index contributed by atoms with van der Waals surface area (Å²) in [6.07, 6.45) is 2.70. The van der Waals surface area contributed by atoms with Crippen LogP contribution in [0.25, 0.3) is 0 Å². The molecule has 0 atom stereocenters. The van der Waals surface area contributed by atoms with Crippen LogP contribution in [0.4, 0.5) is 4.39 Å². The molecule has 28 heavy (non-hydrogen) atoms. The fourth-order valence-corrected chi connectivity index (χ4v) is 4.22. The molecule has 2 amide bonds. The highest BCUT2D eigenvalue weighted by Crippen LogP contribution is 2.43. The van der Waals surface area contributed by atoms with E-state index in [-0.39, 0.29) is 25.0 Å². The third kappa shape index (κ3) is 2.89. The molecule has 2 aromatic rings. The molecule has 0 bridgehead atoms. The van der Waals surface area contributed by atoms with Crippen LogP contribution >= 0.6 is 0 Å². The molecular formula is C22H20FNO4. The van der Waals surface area contributed by atoms with Gasteiger partial charge in [-0.1, -0.05) is 43.2 Å². The number of imide groups is 1. The van der Waals surface area contributed by atoms with Crippen molar-refractivity contribution in [2.45, 2.75) is 31.1 Å². The zero-order valence-corrected chi connectivity index (χ0v) is 15.3. The van der Waals surface area contributed by atoms with E-state index in [1.807, 2.05) is 0 Å². The Morgan fingerprint density at radius 1 is 0.964 bits per heavy atom. The van der Waals surface area contributed by atoms with Crippen molar-refractivity contribution in [1.82, 2.24) is 4.90 Å². The summed E-state index contributed by atoms with van der Waals surface area (Å²) in [5.74, 6) is -1.68. The summed E-state index contributed by atoms with van der Waals surface area (Å²) in [6, 6.07) is 12.9. The van der Waals surface area contributed by atoms with Crippen molar-refractivity contribution in [3.05, 3.63) is 71.0 Å². The van der Waals surface area contributed by atoms with Crippen molar-refractivity contribution in [2.75, 3.05) is 13.2 Å². The molecule has 2 aliphatic rings. The fraction of sp³-hybridized carbons (Fsp3) is 0.318. The number of halogens is 1. The van der Waals surface area contributed by atoms with Crippen LogP contribution in [0.1, 0.15) is 52.0 Å². The van der Waals surface area contributed by atoms with E-state index in [2.05, 4.69) is 0 Å². The van der Waals surface area contributed by atoms with Crippen molar-refractivity contribution in [3.8, 4) is 0 Å². The Bertz CT molecular complexity index is 914. The Hall–Kier alpha value is -3.02. The highest BCUT2D eigenvalue weighted by Gasteiger charge is 2.46. The van der Waals surface area contributed by atoms with E-state index < -0.39 is 17.2 Å². The highest BCUT2D eigenvalue weighted by molar-refractivity contribution is 6.21. The Labute approximate surface area is 162 Å². The van der Waals surface area contributed by atoms with Gasteiger partial charge in [0.05, 0.1) is 23.1 Å². The maximum Gasteiger partial charge on any atom is 0.316 e. The number of fused-ring (bicyclic) bond motifs is 1. The van der Waals surface area contributed by atoms with Crippen molar-refractivity contribution in [2.24, 2.45) is 0 Å². The molecule has 144 valence electrons. The number of esters is 1. The van der Waals surface area contributed by atoms with Crippen LogP contribution in [0.15, 0.2) is 48.5 Å². The zero-order valence-electron chi connectivity index (χ0n) is 15.3. The Kier molecular flexibility index (Phi) is 4.71. The number of carbonyl (C=O) groups is 3. The predicted octanol–water partition coefficient (Wildman–Crippen LogP) is 3.48. The number of hydrogen-bond donors (Lipinski definition) is 0. The zero-order chi connectivity index (χ0) is 19.7. The van der Waals surface area contributed by atoms with Gasteiger partial charge in [0, 0.05) is 5.56 Å². The molecule has 0 N–H and O–H groups in total. The predicted molar refractivity (Wildman–Crippen MR) is 99.3 cm³/mol. The van der Waals surface area contributed by atoms with Crippen LogP contribution in [0, 0.1) is 5.82 Å². The smallest absolute Gasteiger partial charge is 0.316 e. The second kappa shape index (κ2) is 7.19. The first-order valence-corrected chi connectivity index (χ1v) is 9.42. The minimum atomic E-state index is -0.993. The minimum absolute atomic E-state index is 0.0224. The number of benzene rings is 2. The molecule has 5 nitrogen and oxygen atoms in total. The second-order valence-electron chi connectivity index (χ2n) is 7.21. The number of carbonyl (C=O) groups excluding carboxylic acids is 3. The topological polar surface area (TPSA) is 63.7 Å². The van der Waals surface area contributed by atoms with E-state index in [0.29, 0.717) is 29.5 Å². The summed E-state index contributed by atoms with van der Waals surface area (Å²) in [7, 11) is 0. The van der Waals surface area contributed by atoms with Gasteiger partial charge in [-0.05, 0) is 31.0 Å². The highest BCUT2D eigenvalue weighted by atomic mass is 19.1. The standard InChI is InChI=1S/C22H20FNO4/c23-18-10-4-3-9-17(18)22(11-5-6-12-22)21(27)28-14-13-24-19(25)15-7-1-2-8-16(15)20(24)26/h1-4,7-10H,5-6,11-14H2. The lowest BCUT2D eigenvalue weighted by molar-refractivity contribution is -0.150. The molecule has 1 aliphatic carbocycles. The lowest BCUT2D eigenvalue weighted by Gasteiger charge is -2.28. The average molecular weight is 381 g/mol. The van der Waals surface area contributed by atoms with E-state index in [1.54, 1.807) is 42.5 Å². The average Bonchev–Trinajstić information content (AvgIpc) is 3.29. The third-order valence-corrected chi connectivity index (χ3v) is 5.66. The molecule has 1 fully saturated rings. The molecule has 1 saturated carbocycles. The van der Waals surface area contributed by atoms with Gasteiger partial charge in [-0.25, -0.2) is 4.39 Å². The Morgan fingerprint density at radius 3 is 2.14 bits per heavy atom. The minimum Gasteiger partial charge on any atom is -0.463 e. The SMILES string of the molecule is O=C1c2ccccc2C(=O)N1CCOC(=O)C1(c2ccccc2F)CCCC1. The van der Waals surface area contributed by atoms with Gasteiger partial charge in [0.15, 0.2) is 0 Å². The second-order valence-corrected chi connectivity index (χ2v) is 7.21. The molecule has 0 saturated heterocycles. The third-order valence-electron chi connectivity index (χ3n) is 5.66. The molecule has 0 spiro atoms. The number of hydrogen-bond acceptors (Lipinski definition) is 4. The van der Waals surface area contributed by atoms with Crippen molar-refractivity contribution >= 4 is 17.8 Å². The van der Waals surface area contributed by atoms with E-state index in [9.17, 15) is 18.8 Å². The maximum atomic E-state index is 14.4. The summed E-state index contributed by atoms with van der Waals surface area (Å²) >= 11 is 0. The van der Waals surface area contributed by atoms with Crippen LogP contribution in [-0.2, 0) is 14.9 Å². The number of nitrogens with zero attached hydrogens (tertiary/aromatic N) is 1. The van der Waals surface area contributed by atoms with Gasteiger partial charge in [0.1, 0.15) is 12.4 Å². The molecule has 1 aliphatic heterocycles. The van der Waals surface area contributed by atoms with E-state index >= 15 is 0 Å². The van der Waals surface area contributed by atoms with E-state index in [4.69, 9.17) is 4.74 Å². The Morgan fingerprint density at radius 2 is 1.54 bits per heavy atom. The van der Waals surface area contributed by atoms with Gasteiger partial charge in [-0.3, -0.25) is 19.3 Å². The molecular weight excluding hydrogens is 361 g/mol. The van der Waals surface area contributed by atoms with Crippen LogP contribution in [-0.4, -0.2) is 35.8 Å². The van der Waals surface area contributed by atoms with Crippen LogP contribution in [0.5, 0.6) is 0 Å². The monoisotopic (exact) mass is 381 g/mol. The van der Waals surface area contributed by atoms with Crippen molar-refractivity contribution in [1.29, 1.82) is 0 Å². The number of amides is 2. The lowest BCUT2D eigenvalue weighted by Crippen LogP contribution is -2.38. The van der Waals surface area contributed by atoms with Gasteiger partial charge in [-0.2, -0.15) is 0 Å². The van der Waals surface area contributed by atoms with E-state index in [1.165, 1.54) is 6.07 Å². The number of rotatable bonds is 5. The molecule has 0 aromatic heterocycles. The summed E-state index contributed by atoms with van der Waals surface area (Å²) in [5, 5.41) is 0. The van der Waals surface area contributed by atoms with Gasteiger partial charge in [0.2, 0.25) is 0 Å². The number of ether oxygens (including phenoxy) is 1. The summed E-state index contributed by atoms with van der Waals surface area (Å²) in [6.45, 7) is -0.133.